The van der Waals surface area contributed by atoms with E-state index in [4.69, 9.17) is 4.74 Å². The Labute approximate surface area is 190 Å². The summed E-state index contributed by atoms with van der Waals surface area (Å²) in [5, 5.41) is 11.8. The van der Waals surface area contributed by atoms with Gasteiger partial charge in [-0.2, -0.15) is 0 Å². The highest BCUT2D eigenvalue weighted by Gasteiger charge is 2.23. The minimum absolute atomic E-state index is 0.00343. The van der Waals surface area contributed by atoms with Crippen LogP contribution in [0.3, 0.4) is 0 Å². The highest BCUT2D eigenvalue weighted by atomic mass is 16.5. The zero-order valence-corrected chi connectivity index (χ0v) is 19.4. The topological polar surface area (TPSA) is 75.5 Å². The van der Waals surface area contributed by atoms with E-state index in [2.05, 4.69) is 68.0 Å². The standard InChI is InChI=1S/C24H36N6O2/c1-3-29(4-2)20-9-7-19(8-10-20)18-28-14-12-23-27-26-22(30(23)16-15-28)11-13-25-24(31)21-6-5-17-32-21/h7-10,21H,3-6,11-18H2,1-2H3,(H,25,31)/t21-/m1/s1. The van der Waals surface area contributed by atoms with E-state index < -0.39 is 0 Å². The summed E-state index contributed by atoms with van der Waals surface area (Å²) in [7, 11) is 0. The van der Waals surface area contributed by atoms with Gasteiger partial charge in [-0.3, -0.25) is 9.69 Å². The molecule has 0 saturated carbocycles. The molecule has 0 aliphatic carbocycles. The number of amides is 1. The quantitative estimate of drug-likeness (QED) is 0.643. The van der Waals surface area contributed by atoms with Crippen LogP contribution >= 0.6 is 0 Å². The van der Waals surface area contributed by atoms with E-state index in [1.165, 1.54) is 11.3 Å². The van der Waals surface area contributed by atoms with Crippen molar-refractivity contribution in [3.63, 3.8) is 0 Å². The molecule has 1 amide bonds. The van der Waals surface area contributed by atoms with Crippen molar-refractivity contribution in [2.24, 2.45) is 0 Å². The zero-order valence-electron chi connectivity index (χ0n) is 19.4. The van der Waals surface area contributed by atoms with Gasteiger partial charge in [-0.15, -0.1) is 10.2 Å². The van der Waals surface area contributed by atoms with Gasteiger partial charge in [-0.25, -0.2) is 0 Å². The van der Waals surface area contributed by atoms with Gasteiger partial charge in [-0.05, 0) is 44.4 Å². The van der Waals surface area contributed by atoms with Gasteiger partial charge in [0.25, 0.3) is 0 Å². The second kappa shape index (κ2) is 10.9. The summed E-state index contributed by atoms with van der Waals surface area (Å²) in [5.74, 6) is 2.00. The molecule has 2 aliphatic rings. The lowest BCUT2D eigenvalue weighted by atomic mass is 10.1. The summed E-state index contributed by atoms with van der Waals surface area (Å²) in [6.45, 7) is 11.5. The van der Waals surface area contributed by atoms with E-state index in [9.17, 15) is 4.79 Å². The molecule has 1 fully saturated rings. The van der Waals surface area contributed by atoms with E-state index in [1.807, 2.05) is 0 Å². The first-order valence-corrected chi connectivity index (χ1v) is 12.0. The molecule has 8 heteroatoms. The molecule has 4 rings (SSSR count). The van der Waals surface area contributed by atoms with E-state index in [-0.39, 0.29) is 12.0 Å². The van der Waals surface area contributed by atoms with Gasteiger partial charge in [0.05, 0.1) is 0 Å². The maximum absolute atomic E-state index is 12.1. The first kappa shape index (κ1) is 22.7. The van der Waals surface area contributed by atoms with Gasteiger partial charge in [0.15, 0.2) is 0 Å². The summed E-state index contributed by atoms with van der Waals surface area (Å²) in [4.78, 5) is 17.0. The number of carbonyl (C=O) groups excluding carboxylic acids is 1. The summed E-state index contributed by atoms with van der Waals surface area (Å²) in [6.07, 6.45) is 3.10. The van der Waals surface area contributed by atoms with E-state index >= 15 is 0 Å². The first-order chi connectivity index (χ1) is 15.7. The molecular weight excluding hydrogens is 404 g/mol. The molecule has 0 radical (unpaired) electrons. The molecule has 1 N–H and O–H groups in total. The Morgan fingerprint density at radius 2 is 1.97 bits per heavy atom. The van der Waals surface area contributed by atoms with Crippen LogP contribution in [0.25, 0.3) is 0 Å². The smallest absolute Gasteiger partial charge is 0.249 e. The number of fused-ring (bicyclic) bond motifs is 1. The molecule has 2 aliphatic heterocycles. The Kier molecular flexibility index (Phi) is 7.76. The molecule has 1 atom stereocenters. The number of carbonyl (C=O) groups is 1. The van der Waals surface area contributed by atoms with Crippen LogP contribution in [0.15, 0.2) is 24.3 Å². The van der Waals surface area contributed by atoms with Crippen molar-refractivity contribution in [1.82, 2.24) is 25.0 Å². The SMILES string of the molecule is CCN(CC)c1ccc(CN2CCc3nnc(CCNC(=O)[C@H]4CCCO4)n3CC2)cc1. The fourth-order valence-electron chi connectivity index (χ4n) is 4.62. The molecular formula is C24H36N6O2. The van der Waals surface area contributed by atoms with Crippen molar-refractivity contribution in [1.29, 1.82) is 0 Å². The largest absolute Gasteiger partial charge is 0.372 e. The monoisotopic (exact) mass is 440 g/mol. The fourth-order valence-corrected chi connectivity index (χ4v) is 4.62. The molecule has 0 spiro atoms. The summed E-state index contributed by atoms with van der Waals surface area (Å²) >= 11 is 0. The van der Waals surface area contributed by atoms with Crippen molar-refractivity contribution in [3.8, 4) is 0 Å². The molecule has 2 aromatic rings. The maximum Gasteiger partial charge on any atom is 0.249 e. The van der Waals surface area contributed by atoms with Crippen molar-refractivity contribution < 1.29 is 9.53 Å². The van der Waals surface area contributed by atoms with Crippen molar-refractivity contribution in [2.45, 2.75) is 58.7 Å². The molecule has 1 saturated heterocycles. The number of rotatable bonds is 9. The van der Waals surface area contributed by atoms with E-state index in [1.54, 1.807) is 0 Å². The lowest BCUT2D eigenvalue weighted by Gasteiger charge is -2.23. The van der Waals surface area contributed by atoms with Gasteiger partial charge >= 0.3 is 0 Å². The number of ether oxygens (including phenoxy) is 1. The van der Waals surface area contributed by atoms with Crippen LogP contribution in [0, 0.1) is 0 Å². The Balaban J connectivity index is 1.28. The van der Waals surface area contributed by atoms with Crippen molar-refractivity contribution >= 4 is 11.6 Å². The van der Waals surface area contributed by atoms with Gasteiger partial charge in [0.2, 0.25) is 5.91 Å². The van der Waals surface area contributed by atoms with Gasteiger partial charge < -0.3 is 19.5 Å². The summed E-state index contributed by atoms with van der Waals surface area (Å²) in [6, 6.07) is 8.97. The molecule has 32 heavy (non-hydrogen) atoms. The Morgan fingerprint density at radius 3 is 2.69 bits per heavy atom. The van der Waals surface area contributed by atoms with E-state index in [0.717, 1.165) is 70.2 Å². The minimum Gasteiger partial charge on any atom is -0.372 e. The highest BCUT2D eigenvalue weighted by molar-refractivity contribution is 5.80. The van der Waals surface area contributed by atoms with Crippen LogP contribution in [-0.4, -0.2) is 71.0 Å². The average molecular weight is 441 g/mol. The first-order valence-electron chi connectivity index (χ1n) is 12.0. The number of hydrogen-bond donors (Lipinski definition) is 1. The molecule has 174 valence electrons. The number of hydrogen-bond acceptors (Lipinski definition) is 6. The fraction of sp³-hybridized carbons (Fsp3) is 0.625. The Morgan fingerprint density at radius 1 is 1.16 bits per heavy atom. The van der Waals surface area contributed by atoms with Crippen LogP contribution in [0.2, 0.25) is 0 Å². The Bertz CT molecular complexity index is 871. The number of aromatic nitrogens is 3. The van der Waals surface area contributed by atoms with Crippen LogP contribution in [-0.2, 0) is 35.5 Å². The predicted molar refractivity (Wildman–Crippen MR) is 125 cm³/mol. The normalized spacial score (nSPS) is 18.9. The Hall–Kier alpha value is -2.45. The third-order valence-corrected chi connectivity index (χ3v) is 6.54. The van der Waals surface area contributed by atoms with Gasteiger partial charge in [0, 0.05) is 70.9 Å². The van der Waals surface area contributed by atoms with Crippen LogP contribution in [0.1, 0.15) is 43.9 Å². The maximum atomic E-state index is 12.1. The van der Waals surface area contributed by atoms with Crippen LogP contribution in [0.4, 0.5) is 5.69 Å². The second-order valence-corrected chi connectivity index (χ2v) is 8.59. The van der Waals surface area contributed by atoms with Crippen molar-refractivity contribution in [3.05, 3.63) is 41.5 Å². The molecule has 1 aromatic carbocycles. The molecule has 3 heterocycles. The van der Waals surface area contributed by atoms with E-state index in [0.29, 0.717) is 19.6 Å². The lowest BCUT2D eigenvalue weighted by Crippen LogP contribution is -2.35. The van der Waals surface area contributed by atoms with Gasteiger partial charge in [-0.1, -0.05) is 12.1 Å². The number of nitrogens with zero attached hydrogens (tertiary/aromatic N) is 5. The summed E-state index contributed by atoms with van der Waals surface area (Å²) < 4.78 is 7.68. The second-order valence-electron chi connectivity index (χ2n) is 8.59. The number of nitrogens with one attached hydrogen (secondary N) is 1. The highest BCUT2D eigenvalue weighted by Crippen LogP contribution is 2.18. The van der Waals surface area contributed by atoms with Crippen molar-refractivity contribution in [2.75, 3.05) is 44.2 Å². The number of benzene rings is 1. The molecule has 1 aromatic heterocycles. The van der Waals surface area contributed by atoms with Crippen LogP contribution < -0.4 is 10.2 Å². The molecule has 0 unspecified atom stereocenters. The third kappa shape index (κ3) is 5.48. The zero-order chi connectivity index (χ0) is 22.3. The summed E-state index contributed by atoms with van der Waals surface area (Å²) in [5.41, 5.74) is 2.63. The van der Waals surface area contributed by atoms with Crippen LogP contribution in [0.5, 0.6) is 0 Å². The molecule has 8 nitrogen and oxygen atoms in total. The minimum atomic E-state index is -0.278. The number of anilines is 1. The van der Waals surface area contributed by atoms with Gasteiger partial charge in [0.1, 0.15) is 17.8 Å². The third-order valence-electron chi connectivity index (χ3n) is 6.54. The lowest BCUT2D eigenvalue weighted by molar-refractivity contribution is -0.130. The molecule has 0 bridgehead atoms. The predicted octanol–water partition coefficient (Wildman–Crippen LogP) is 2.02. The average Bonchev–Trinajstić information content (AvgIpc) is 3.44.